The molecule has 0 bridgehead atoms. The first-order chi connectivity index (χ1) is 6.63. The summed E-state index contributed by atoms with van der Waals surface area (Å²) in [6.45, 7) is 7.64. The SMILES string of the molecule is CCNC(=S)NC1CCC(C)CC1C. The fourth-order valence-corrected chi connectivity index (χ4v) is 2.56. The van der Waals surface area contributed by atoms with Crippen molar-refractivity contribution >= 4 is 17.3 Å². The monoisotopic (exact) mass is 214 g/mol. The number of hydrogen-bond donors (Lipinski definition) is 2. The van der Waals surface area contributed by atoms with Gasteiger partial charge in [-0.3, -0.25) is 0 Å². The maximum absolute atomic E-state index is 5.19. The molecule has 0 spiro atoms. The Morgan fingerprint density at radius 1 is 1.36 bits per heavy atom. The molecule has 0 radical (unpaired) electrons. The summed E-state index contributed by atoms with van der Waals surface area (Å²) in [5.74, 6) is 1.63. The van der Waals surface area contributed by atoms with E-state index in [0.717, 1.165) is 23.5 Å². The van der Waals surface area contributed by atoms with Gasteiger partial charge < -0.3 is 10.6 Å². The summed E-state index contributed by atoms with van der Waals surface area (Å²) >= 11 is 5.19. The van der Waals surface area contributed by atoms with Crippen molar-refractivity contribution in [1.29, 1.82) is 0 Å². The normalized spacial score (nSPS) is 32.4. The van der Waals surface area contributed by atoms with Gasteiger partial charge in [0, 0.05) is 12.6 Å². The maximum Gasteiger partial charge on any atom is 0.166 e. The van der Waals surface area contributed by atoms with Crippen molar-refractivity contribution < 1.29 is 0 Å². The lowest BCUT2D eigenvalue weighted by atomic mass is 9.80. The number of nitrogens with one attached hydrogen (secondary N) is 2. The molecule has 2 N–H and O–H groups in total. The molecule has 0 aromatic carbocycles. The van der Waals surface area contributed by atoms with Crippen LogP contribution in [0.15, 0.2) is 0 Å². The first-order valence-corrected chi connectivity index (χ1v) is 6.08. The van der Waals surface area contributed by atoms with Crippen LogP contribution in [0, 0.1) is 11.8 Å². The lowest BCUT2D eigenvalue weighted by molar-refractivity contribution is 0.247. The average Bonchev–Trinajstić information content (AvgIpc) is 2.10. The Balaban J connectivity index is 2.33. The van der Waals surface area contributed by atoms with E-state index >= 15 is 0 Å². The predicted octanol–water partition coefficient (Wildman–Crippen LogP) is 2.30. The van der Waals surface area contributed by atoms with Crippen LogP contribution in [0.3, 0.4) is 0 Å². The van der Waals surface area contributed by atoms with Crippen LogP contribution >= 0.6 is 12.2 Å². The van der Waals surface area contributed by atoms with E-state index in [1.165, 1.54) is 19.3 Å². The molecular weight excluding hydrogens is 192 g/mol. The molecule has 1 fully saturated rings. The molecule has 3 atom stereocenters. The minimum Gasteiger partial charge on any atom is -0.363 e. The van der Waals surface area contributed by atoms with Crippen molar-refractivity contribution in [2.75, 3.05) is 6.54 Å². The van der Waals surface area contributed by atoms with Crippen LogP contribution in [0.25, 0.3) is 0 Å². The van der Waals surface area contributed by atoms with Crippen molar-refractivity contribution in [2.24, 2.45) is 11.8 Å². The third kappa shape index (κ3) is 3.45. The zero-order chi connectivity index (χ0) is 10.6. The van der Waals surface area contributed by atoms with Gasteiger partial charge in [0.25, 0.3) is 0 Å². The fourth-order valence-electron chi connectivity index (χ4n) is 2.26. The highest BCUT2D eigenvalue weighted by molar-refractivity contribution is 7.80. The maximum atomic E-state index is 5.19. The lowest BCUT2D eigenvalue weighted by Gasteiger charge is -2.33. The standard InChI is InChI=1S/C11H22N2S/c1-4-12-11(14)13-10-6-5-8(2)7-9(10)3/h8-10H,4-7H2,1-3H3,(H2,12,13,14). The summed E-state index contributed by atoms with van der Waals surface area (Å²) in [6, 6.07) is 0.581. The van der Waals surface area contributed by atoms with Gasteiger partial charge in [-0.1, -0.05) is 13.8 Å². The van der Waals surface area contributed by atoms with Gasteiger partial charge in [0.15, 0.2) is 5.11 Å². The summed E-state index contributed by atoms with van der Waals surface area (Å²) < 4.78 is 0. The van der Waals surface area contributed by atoms with Crippen LogP contribution in [0.2, 0.25) is 0 Å². The Labute approximate surface area is 92.8 Å². The largest absolute Gasteiger partial charge is 0.363 e. The summed E-state index contributed by atoms with van der Waals surface area (Å²) in [5.41, 5.74) is 0. The highest BCUT2D eigenvalue weighted by atomic mass is 32.1. The van der Waals surface area contributed by atoms with Gasteiger partial charge in [-0.25, -0.2) is 0 Å². The van der Waals surface area contributed by atoms with Crippen molar-refractivity contribution in [3.8, 4) is 0 Å². The molecule has 3 heteroatoms. The summed E-state index contributed by atoms with van der Waals surface area (Å²) in [5, 5.41) is 7.37. The van der Waals surface area contributed by atoms with E-state index < -0.39 is 0 Å². The van der Waals surface area contributed by atoms with Gasteiger partial charge >= 0.3 is 0 Å². The van der Waals surface area contributed by atoms with Gasteiger partial charge in [-0.15, -0.1) is 0 Å². The third-order valence-electron chi connectivity index (χ3n) is 3.09. The minimum absolute atomic E-state index is 0.581. The van der Waals surface area contributed by atoms with Crippen LogP contribution < -0.4 is 10.6 Å². The number of rotatable bonds is 2. The first-order valence-electron chi connectivity index (χ1n) is 5.67. The zero-order valence-electron chi connectivity index (χ0n) is 9.47. The van der Waals surface area contributed by atoms with E-state index in [9.17, 15) is 0 Å². The Bertz CT molecular complexity index is 194. The van der Waals surface area contributed by atoms with Crippen LogP contribution in [0.1, 0.15) is 40.0 Å². The van der Waals surface area contributed by atoms with E-state index in [-0.39, 0.29) is 0 Å². The second kappa shape index (κ2) is 5.54. The van der Waals surface area contributed by atoms with E-state index in [1.54, 1.807) is 0 Å². The Morgan fingerprint density at radius 2 is 2.07 bits per heavy atom. The second-order valence-electron chi connectivity index (χ2n) is 4.51. The second-order valence-corrected chi connectivity index (χ2v) is 4.91. The quantitative estimate of drug-likeness (QED) is 0.690. The number of hydrogen-bond acceptors (Lipinski definition) is 1. The van der Waals surface area contributed by atoms with Gasteiger partial charge in [0.1, 0.15) is 0 Å². The molecule has 1 aliphatic carbocycles. The van der Waals surface area contributed by atoms with Gasteiger partial charge in [-0.05, 0) is 50.2 Å². The van der Waals surface area contributed by atoms with E-state index in [1.807, 2.05) is 0 Å². The van der Waals surface area contributed by atoms with E-state index in [4.69, 9.17) is 12.2 Å². The van der Waals surface area contributed by atoms with Crippen LogP contribution in [0.4, 0.5) is 0 Å². The van der Waals surface area contributed by atoms with Crippen LogP contribution in [0.5, 0.6) is 0 Å². The number of thiocarbonyl (C=S) groups is 1. The Hall–Kier alpha value is -0.310. The smallest absolute Gasteiger partial charge is 0.166 e. The molecule has 2 nitrogen and oxygen atoms in total. The summed E-state index contributed by atoms with van der Waals surface area (Å²) in [7, 11) is 0. The van der Waals surface area contributed by atoms with Crippen molar-refractivity contribution in [3.63, 3.8) is 0 Å². The summed E-state index contributed by atoms with van der Waals surface area (Å²) in [6.07, 6.45) is 3.91. The Kier molecular flexibility index (Phi) is 4.66. The molecule has 82 valence electrons. The third-order valence-corrected chi connectivity index (χ3v) is 3.35. The van der Waals surface area contributed by atoms with Gasteiger partial charge in [0.05, 0.1) is 0 Å². The average molecular weight is 214 g/mol. The zero-order valence-corrected chi connectivity index (χ0v) is 10.3. The van der Waals surface area contributed by atoms with E-state index in [0.29, 0.717) is 6.04 Å². The van der Waals surface area contributed by atoms with Crippen molar-refractivity contribution in [1.82, 2.24) is 10.6 Å². The molecule has 1 rings (SSSR count). The molecule has 0 heterocycles. The Morgan fingerprint density at radius 3 is 2.64 bits per heavy atom. The van der Waals surface area contributed by atoms with Gasteiger partial charge in [-0.2, -0.15) is 0 Å². The molecule has 14 heavy (non-hydrogen) atoms. The van der Waals surface area contributed by atoms with Crippen LogP contribution in [-0.4, -0.2) is 17.7 Å². The fraction of sp³-hybridized carbons (Fsp3) is 0.909. The van der Waals surface area contributed by atoms with Crippen LogP contribution in [-0.2, 0) is 0 Å². The lowest BCUT2D eigenvalue weighted by Crippen LogP contribution is -2.46. The van der Waals surface area contributed by atoms with Crippen molar-refractivity contribution in [2.45, 2.75) is 46.1 Å². The molecule has 0 aliphatic heterocycles. The molecule has 0 saturated heterocycles. The molecule has 0 amide bonds. The molecule has 1 saturated carbocycles. The molecule has 0 aromatic rings. The van der Waals surface area contributed by atoms with Crippen molar-refractivity contribution in [3.05, 3.63) is 0 Å². The molecule has 0 aromatic heterocycles. The summed E-state index contributed by atoms with van der Waals surface area (Å²) in [4.78, 5) is 0. The molecule has 1 aliphatic rings. The minimum atomic E-state index is 0.581. The van der Waals surface area contributed by atoms with Gasteiger partial charge in [0.2, 0.25) is 0 Å². The molecule has 3 unspecified atom stereocenters. The predicted molar refractivity (Wildman–Crippen MR) is 65.4 cm³/mol. The molecular formula is C11H22N2S. The first kappa shape index (κ1) is 11.8. The van der Waals surface area contributed by atoms with E-state index in [2.05, 4.69) is 31.4 Å². The topological polar surface area (TPSA) is 24.1 Å². The highest BCUT2D eigenvalue weighted by Gasteiger charge is 2.25. The highest BCUT2D eigenvalue weighted by Crippen LogP contribution is 2.28.